The molecule has 2 aromatic heterocycles. The number of nitrogens with zero attached hydrogens (tertiary/aromatic N) is 3. The van der Waals surface area contributed by atoms with Crippen molar-refractivity contribution >= 4 is 11.5 Å². The molecule has 0 atom stereocenters. The van der Waals surface area contributed by atoms with Gasteiger partial charge in [-0.05, 0) is 50.1 Å². The molecule has 3 rings (SSSR count). The first-order valence-electron chi connectivity index (χ1n) is 8.44. The van der Waals surface area contributed by atoms with Crippen LogP contribution < -0.4 is 5.32 Å². The highest BCUT2D eigenvalue weighted by Crippen LogP contribution is 2.31. The van der Waals surface area contributed by atoms with Crippen molar-refractivity contribution in [1.82, 2.24) is 14.8 Å². The molecule has 0 saturated carbocycles. The molecule has 0 bridgehead atoms. The van der Waals surface area contributed by atoms with Gasteiger partial charge in [0.2, 0.25) is 0 Å². The van der Waals surface area contributed by atoms with Gasteiger partial charge < -0.3 is 10.4 Å². The predicted molar refractivity (Wildman–Crippen MR) is 96.2 cm³/mol. The molecule has 5 nitrogen and oxygen atoms in total. The molecule has 0 radical (unpaired) electrons. The highest BCUT2D eigenvalue weighted by atomic mass is 19.4. The van der Waals surface area contributed by atoms with Crippen molar-refractivity contribution in [2.75, 3.05) is 11.9 Å². The van der Waals surface area contributed by atoms with Gasteiger partial charge in [-0.1, -0.05) is 6.07 Å². The molecule has 0 unspecified atom stereocenters. The zero-order valence-corrected chi connectivity index (χ0v) is 14.7. The van der Waals surface area contributed by atoms with Crippen molar-refractivity contribution < 1.29 is 18.3 Å². The summed E-state index contributed by atoms with van der Waals surface area (Å²) in [4.78, 5) is 4.16. The number of pyridine rings is 1. The van der Waals surface area contributed by atoms with Gasteiger partial charge in [0.25, 0.3) is 0 Å². The smallest absolute Gasteiger partial charge is 0.396 e. The molecule has 0 aliphatic rings. The van der Waals surface area contributed by atoms with E-state index in [9.17, 15) is 13.2 Å². The molecular formula is C19H19F3N4O. The number of aliphatic hydroxyl groups is 1. The lowest BCUT2D eigenvalue weighted by molar-refractivity contribution is -0.137. The third kappa shape index (κ3) is 4.65. The van der Waals surface area contributed by atoms with Crippen LogP contribution in [0.3, 0.4) is 0 Å². The molecule has 0 saturated heterocycles. The van der Waals surface area contributed by atoms with Crippen LogP contribution in [-0.2, 0) is 12.6 Å². The first kappa shape index (κ1) is 18.9. The molecule has 2 N–H and O–H groups in total. The normalized spacial score (nSPS) is 11.6. The number of alkyl halides is 3. The van der Waals surface area contributed by atoms with Gasteiger partial charge in [-0.15, -0.1) is 5.10 Å². The molecule has 0 aliphatic carbocycles. The number of nitrogens with one attached hydrogen (secondary N) is 1. The van der Waals surface area contributed by atoms with Crippen LogP contribution in [0.2, 0.25) is 0 Å². The second-order valence-electron chi connectivity index (χ2n) is 6.12. The van der Waals surface area contributed by atoms with Crippen LogP contribution >= 0.6 is 0 Å². The van der Waals surface area contributed by atoms with E-state index in [1.807, 2.05) is 13.0 Å². The second kappa shape index (κ2) is 7.79. The summed E-state index contributed by atoms with van der Waals surface area (Å²) < 4.78 is 40.4. The van der Waals surface area contributed by atoms with Gasteiger partial charge in [0.15, 0.2) is 5.82 Å². The Hall–Kier alpha value is -2.87. The number of aryl methyl sites for hydroxylation is 2. The number of hydrogen-bond acceptors (Lipinski definition) is 4. The van der Waals surface area contributed by atoms with Gasteiger partial charge in [-0.2, -0.15) is 13.2 Å². The van der Waals surface area contributed by atoms with Gasteiger partial charge in [0, 0.05) is 35.9 Å². The lowest BCUT2D eigenvalue weighted by Crippen LogP contribution is -2.05. The van der Waals surface area contributed by atoms with Crippen LogP contribution in [0.1, 0.15) is 23.4 Å². The average molecular weight is 376 g/mol. The Balaban J connectivity index is 1.92. The Kier molecular flexibility index (Phi) is 5.46. The summed E-state index contributed by atoms with van der Waals surface area (Å²) in [7, 11) is 0. The number of halogens is 3. The Bertz CT molecular complexity index is 921. The van der Waals surface area contributed by atoms with E-state index in [1.165, 1.54) is 6.07 Å². The molecule has 0 amide bonds. The van der Waals surface area contributed by atoms with Crippen molar-refractivity contribution in [2.24, 2.45) is 0 Å². The fraction of sp³-hybridized carbons (Fsp3) is 0.263. The number of rotatable bonds is 6. The van der Waals surface area contributed by atoms with Crippen molar-refractivity contribution in [3.05, 3.63) is 65.6 Å². The summed E-state index contributed by atoms with van der Waals surface area (Å²) in [6.45, 7) is 1.90. The van der Waals surface area contributed by atoms with E-state index in [0.29, 0.717) is 24.3 Å². The highest BCUT2D eigenvalue weighted by Gasteiger charge is 2.30. The minimum absolute atomic E-state index is 0.0386. The minimum Gasteiger partial charge on any atom is -0.396 e. The Morgan fingerprint density at radius 1 is 1.15 bits per heavy atom. The second-order valence-corrected chi connectivity index (χ2v) is 6.12. The maximum atomic E-state index is 12.9. The zero-order valence-electron chi connectivity index (χ0n) is 14.7. The molecule has 0 aliphatic heterocycles. The predicted octanol–water partition coefficient (Wildman–Crippen LogP) is 4.26. The topological polar surface area (TPSA) is 63.0 Å². The molecular weight excluding hydrogens is 357 g/mol. The largest absolute Gasteiger partial charge is 0.416 e. The van der Waals surface area contributed by atoms with Crippen molar-refractivity contribution in [2.45, 2.75) is 25.9 Å². The van der Waals surface area contributed by atoms with E-state index in [1.54, 1.807) is 29.1 Å². The van der Waals surface area contributed by atoms with Crippen LogP contribution in [-0.4, -0.2) is 26.5 Å². The van der Waals surface area contributed by atoms with Gasteiger partial charge in [0.05, 0.1) is 11.3 Å². The van der Waals surface area contributed by atoms with Crippen molar-refractivity contribution in [3.63, 3.8) is 0 Å². The van der Waals surface area contributed by atoms with Crippen LogP contribution in [0, 0.1) is 6.92 Å². The van der Waals surface area contributed by atoms with E-state index in [-0.39, 0.29) is 6.61 Å². The van der Waals surface area contributed by atoms with E-state index in [4.69, 9.17) is 5.11 Å². The third-order valence-electron chi connectivity index (χ3n) is 3.96. The highest BCUT2D eigenvalue weighted by molar-refractivity contribution is 5.58. The molecule has 1 aromatic carbocycles. The minimum atomic E-state index is -4.40. The molecule has 3 aromatic rings. The molecule has 0 spiro atoms. The average Bonchev–Trinajstić information content (AvgIpc) is 3.02. The number of benzene rings is 1. The maximum absolute atomic E-state index is 12.9. The van der Waals surface area contributed by atoms with Crippen LogP contribution in [0.4, 0.5) is 24.7 Å². The lowest BCUT2D eigenvalue weighted by Gasteiger charge is -2.09. The van der Waals surface area contributed by atoms with Crippen LogP contribution in [0.5, 0.6) is 0 Å². The Labute approximate surface area is 154 Å². The van der Waals surface area contributed by atoms with E-state index in [0.717, 1.165) is 29.2 Å². The standard InChI is InChI=1S/C19H19F3N4O/c1-13-10-17(7-8-23-13)26-16(6-3-9-27)12-18(25-26)24-15-5-2-4-14(11-15)19(20,21)22/h2,4-5,7-8,10-12,27H,3,6,9H2,1H3,(H,24,25). The molecule has 142 valence electrons. The summed E-state index contributed by atoms with van der Waals surface area (Å²) >= 11 is 0. The summed E-state index contributed by atoms with van der Waals surface area (Å²) in [6.07, 6.45) is -1.60. The molecule has 2 heterocycles. The van der Waals surface area contributed by atoms with E-state index < -0.39 is 11.7 Å². The van der Waals surface area contributed by atoms with E-state index in [2.05, 4.69) is 15.4 Å². The summed E-state index contributed by atoms with van der Waals surface area (Å²) in [6, 6.07) is 10.4. The van der Waals surface area contributed by atoms with Gasteiger partial charge in [0.1, 0.15) is 0 Å². The first-order valence-corrected chi connectivity index (χ1v) is 8.44. The quantitative estimate of drug-likeness (QED) is 0.675. The van der Waals surface area contributed by atoms with Crippen molar-refractivity contribution in [3.8, 4) is 5.69 Å². The number of hydrogen-bond donors (Lipinski definition) is 2. The Morgan fingerprint density at radius 3 is 2.67 bits per heavy atom. The first-order chi connectivity index (χ1) is 12.9. The molecule has 8 heteroatoms. The Morgan fingerprint density at radius 2 is 1.96 bits per heavy atom. The lowest BCUT2D eigenvalue weighted by atomic mass is 10.2. The monoisotopic (exact) mass is 376 g/mol. The van der Waals surface area contributed by atoms with Gasteiger partial charge in [-0.25, -0.2) is 4.68 Å². The number of aliphatic hydroxyl groups excluding tert-OH is 1. The molecule has 27 heavy (non-hydrogen) atoms. The molecule has 0 fully saturated rings. The number of aromatic nitrogens is 3. The van der Waals surface area contributed by atoms with Gasteiger partial charge in [-0.3, -0.25) is 4.98 Å². The van der Waals surface area contributed by atoms with Crippen LogP contribution in [0.15, 0.2) is 48.7 Å². The maximum Gasteiger partial charge on any atom is 0.416 e. The summed E-state index contributed by atoms with van der Waals surface area (Å²) in [5.74, 6) is 0.428. The number of anilines is 2. The SMILES string of the molecule is Cc1cc(-n2nc(Nc3cccc(C(F)(F)F)c3)cc2CCCO)ccn1. The van der Waals surface area contributed by atoms with Crippen LogP contribution in [0.25, 0.3) is 5.69 Å². The van der Waals surface area contributed by atoms with Crippen molar-refractivity contribution in [1.29, 1.82) is 0 Å². The van der Waals surface area contributed by atoms with E-state index >= 15 is 0 Å². The zero-order chi connectivity index (χ0) is 19.4. The van der Waals surface area contributed by atoms with Gasteiger partial charge >= 0.3 is 6.18 Å². The third-order valence-corrected chi connectivity index (χ3v) is 3.96. The summed E-state index contributed by atoms with van der Waals surface area (Å²) in [5.41, 5.74) is 2.03. The fourth-order valence-electron chi connectivity index (χ4n) is 2.73. The summed E-state index contributed by atoms with van der Waals surface area (Å²) in [5, 5.41) is 16.5. The fourth-order valence-corrected chi connectivity index (χ4v) is 2.73.